The second-order valence-corrected chi connectivity index (χ2v) is 6.01. The number of nitrogens with one attached hydrogen (secondary N) is 2. The summed E-state index contributed by atoms with van der Waals surface area (Å²) < 4.78 is 5.23. The van der Waals surface area contributed by atoms with Crippen LogP contribution < -0.4 is 16.3 Å². The van der Waals surface area contributed by atoms with E-state index in [4.69, 9.17) is 4.42 Å². The summed E-state index contributed by atoms with van der Waals surface area (Å²) in [5, 5.41) is 6.71. The van der Waals surface area contributed by atoms with E-state index in [1.807, 2.05) is 48.5 Å². The number of amides is 1. The van der Waals surface area contributed by atoms with Crippen molar-refractivity contribution in [2.45, 2.75) is 0 Å². The first-order chi connectivity index (χ1) is 13.2. The van der Waals surface area contributed by atoms with Crippen LogP contribution in [0.2, 0.25) is 0 Å². The summed E-state index contributed by atoms with van der Waals surface area (Å²) >= 11 is 0. The van der Waals surface area contributed by atoms with Gasteiger partial charge in [0.05, 0.1) is 0 Å². The zero-order valence-electron chi connectivity index (χ0n) is 14.3. The van der Waals surface area contributed by atoms with Crippen LogP contribution in [0, 0.1) is 0 Å². The number of rotatable bonds is 4. The standard InChI is InChI=1S/C22H16N2O3/c25-21(19-13-15-7-4-5-12-20(15)27-22(19)26)24-18-11-6-10-17(14-18)23-16-8-2-1-3-9-16/h1-14,23H,(H,24,25). The van der Waals surface area contributed by atoms with Gasteiger partial charge in [-0.25, -0.2) is 4.79 Å². The van der Waals surface area contributed by atoms with Crippen LogP contribution in [0.3, 0.4) is 0 Å². The van der Waals surface area contributed by atoms with Gasteiger partial charge in [0.1, 0.15) is 11.1 Å². The van der Waals surface area contributed by atoms with Gasteiger partial charge in [-0.15, -0.1) is 0 Å². The quantitative estimate of drug-likeness (QED) is 0.516. The van der Waals surface area contributed by atoms with Crippen molar-refractivity contribution in [3.05, 3.63) is 101 Å². The molecule has 4 aromatic rings. The fraction of sp³-hybridized carbons (Fsp3) is 0. The van der Waals surface area contributed by atoms with Gasteiger partial charge in [0.2, 0.25) is 0 Å². The molecule has 27 heavy (non-hydrogen) atoms. The van der Waals surface area contributed by atoms with Gasteiger partial charge >= 0.3 is 5.63 Å². The van der Waals surface area contributed by atoms with Crippen LogP contribution in [0.25, 0.3) is 11.0 Å². The molecule has 1 aromatic heterocycles. The number of carbonyl (C=O) groups is 1. The van der Waals surface area contributed by atoms with E-state index in [9.17, 15) is 9.59 Å². The highest BCUT2D eigenvalue weighted by atomic mass is 16.4. The maximum absolute atomic E-state index is 12.6. The highest BCUT2D eigenvalue weighted by molar-refractivity contribution is 6.05. The lowest BCUT2D eigenvalue weighted by molar-refractivity contribution is 0.102. The lowest BCUT2D eigenvalue weighted by Gasteiger charge is -2.09. The molecule has 3 aromatic carbocycles. The summed E-state index contributed by atoms with van der Waals surface area (Å²) in [6.45, 7) is 0. The Morgan fingerprint density at radius 2 is 1.44 bits per heavy atom. The van der Waals surface area contributed by atoms with E-state index in [2.05, 4.69) is 10.6 Å². The molecule has 0 unspecified atom stereocenters. The van der Waals surface area contributed by atoms with Crippen molar-refractivity contribution in [1.82, 2.24) is 0 Å². The third kappa shape index (κ3) is 3.72. The van der Waals surface area contributed by atoms with Crippen LogP contribution in [0.5, 0.6) is 0 Å². The molecule has 0 radical (unpaired) electrons. The highest BCUT2D eigenvalue weighted by Crippen LogP contribution is 2.20. The Kier molecular flexibility index (Phi) is 4.41. The Morgan fingerprint density at radius 1 is 0.741 bits per heavy atom. The molecule has 2 N–H and O–H groups in total. The van der Waals surface area contributed by atoms with Crippen LogP contribution >= 0.6 is 0 Å². The van der Waals surface area contributed by atoms with Crippen molar-refractivity contribution >= 4 is 33.9 Å². The number of hydrogen-bond acceptors (Lipinski definition) is 4. The van der Waals surface area contributed by atoms with E-state index in [0.717, 1.165) is 11.4 Å². The van der Waals surface area contributed by atoms with Crippen molar-refractivity contribution in [3.63, 3.8) is 0 Å². The molecule has 0 fully saturated rings. The largest absolute Gasteiger partial charge is 0.422 e. The minimum atomic E-state index is -0.662. The van der Waals surface area contributed by atoms with Crippen LogP contribution in [0.4, 0.5) is 17.1 Å². The third-order valence-corrected chi connectivity index (χ3v) is 4.07. The Morgan fingerprint density at radius 3 is 2.30 bits per heavy atom. The first-order valence-electron chi connectivity index (χ1n) is 8.45. The average Bonchev–Trinajstić information content (AvgIpc) is 2.68. The van der Waals surface area contributed by atoms with Gasteiger partial charge in [-0.3, -0.25) is 4.79 Å². The molecule has 5 heteroatoms. The Labute approximate surface area is 155 Å². The van der Waals surface area contributed by atoms with Gasteiger partial charge in [0.15, 0.2) is 0 Å². The number of para-hydroxylation sites is 2. The lowest BCUT2D eigenvalue weighted by atomic mass is 10.1. The molecular formula is C22H16N2O3. The van der Waals surface area contributed by atoms with Crippen molar-refractivity contribution < 1.29 is 9.21 Å². The first kappa shape index (κ1) is 16.6. The van der Waals surface area contributed by atoms with Crippen molar-refractivity contribution in [3.8, 4) is 0 Å². The van der Waals surface area contributed by atoms with Gasteiger partial charge in [-0.05, 0) is 42.5 Å². The zero-order chi connectivity index (χ0) is 18.6. The molecule has 0 saturated heterocycles. The Balaban J connectivity index is 1.57. The summed E-state index contributed by atoms with van der Waals surface area (Å²) in [5.74, 6) is -0.508. The van der Waals surface area contributed by atoms with Gasteiger partial charge in [-0.1, -0.05) is 42.5 Å². The molecule has 0 aliphatic rings. The van der Waals surface area contributed by atoms with Crippen LogP contribution in [0.15, 0.2) is 94.1 Å². The monoisotopic (exact) mass is 356 g/mol. The summed E-state index contributed by atoms with van der Waals surface area (Å²) in [5.41, 5.74) is 2.10. The topological polar surface area (TPSA) is 71.3 Å². The highest BCUT2D eigenvalue weighted by Gasteiger charge is 2.14. The second kappa shape index (κ2) is 7.17. The van der Waals surface area contributed by atoms with E-state index in [0.29, 0.717) is 16.7 Å². The first-order valence-corrected chi connectivity index (χ1v) is 8.45. The maximum atomic E-state index is 12.6. The zero-order valence-corrected chi connectivity index (χ0v) is 14.3. The molecule has 1 heterocycles. The number of benzene rings is 3. The predicted octanol–water partition coefficient (Wildman–Crippen LogP) is 4.79. The summed E-state index contributed by atoms with van der Waals surface area (Å²) in [6.07, 6.45) is 0. The molecule has 0 spiro atoms. The van der Waals surface area contributed by atoms with E-state index < -0.39 is 11.5 Å². The van der Waals surface area contributed by atoms with Crippen LogP contribution in [0.1, 0.15) is 10.4 Å². The minimum Gasteiger partial charge on any atom is -0.422 e. The van der Waals surface area contributed by atoms with Gasteiger partial charge in [-0.2, -0.15) is 0 Å². The van der Waals surface area contributed by atoms with Crippen LogP contribution in [-0.4, -0.2) is 5.91 Å². The molecule has 0 atom stereocenters. The summed E-state index contributed by atoms with van der Waals surface area (Å²) in [6, 6.07) is 25.6. The van der Waals surface area contributed by atoms with Crippen molar-refractivity contribution in [2.24, 2.45) is 0 Å². The number of fused-ring (bicyclic) bond motifs is 1. The Hall–Kier alpha value is -3.86. The molecule has 1 amide bonds. The summed E-state index contributed by atoms with van der Waals surface area (Å²) in [4.78, 5) is 24.7. The van der Waals surface area contributed by atoms with Crippen molar-refractivity contribution in [2.75, 3.05) is 10.6 Å². The van der Waals surface area contributed by atoms with E-state index in [-0.39, 0.29) is 5.56 Å². The minimum absolute atomic E-state index is 0.0323. The number of hydrogen-bond donors (Lipinski definition) is 2. The van der Waals surface area contributed by atoms with Gasteiger partial charge in [0, 0.05) is 22.4 Å². The molecule has 0 saturated carbocycles. The van der Waals surface area contributed by atoms with Crippen molar-refractivity contribution in [1.29, 1.82) is 0 Å². The molecule has 0 aliphatic heterocycles. The molecule has 132 valence electrons. The molecular weight excluding hydrogens is 340 g/mol. The molecule has 4 rings (SSSR count). The van der Waals surface area contributed by atoms with Gasteiger partial charge < -0.3 is 15.1 Å². The Bertz CT molecular complexity index is 1170. The SMILES string of the molecule is O=C(Nc1cccc(Nc2ccccc2)c1)c1cc2ccccc2oc1=O. The summed E-state index contributed by atoms with van der Waals surface area (Å²) in [7, 11) is 0. The lowest BCUT2D eigenvalue weighted by Crippen LogP contribution is -2.20. The fourth-order valence-electron chi connectivity index (χ4n) is 2.78. The normalized spacial score (nSPS) is 10.5. The van der Waals surface area contributed by atoms with Crippen LogP contribution in [-0.2, 0) is 0 Å². The third-order valence-electron chi connectivity index (χ3n) is 4.07. The van der Waals surface area contributed by atoms with Gasteiger partial charge in [0.25, 0.3) is 5.91 Å². The number of anilines is 3. The maximum Gasteiger partial charge on any atom is 0.349 e. The molecule has 5 nitrogen and oxygen atoms in total. The van der Waals surface area contributed by atoms with E-state index in [1.54, 1.807) is 36.4 Å². The molecule has 0 aliphatic carbocycles. The number of carbonyl (C=O) groups excluding carboxylic acids is 1. The fourth-order valence-corrected chi connectivity index (χ4v) is 2.78. The molecule has 0 bridgehead atoms. The van der Waals surface area contributed by atoms with E-state index in [1.165, 1.54) is 0 Å². The predicted molar refractivity (Wildman–Crippen MR) is 107 cm³/mol. The second-order valence-electron chi connectivity index (χ2n) is 6.01. The van der Waals surface area contributed by atoms with E-state index >= 15 is 0 Å². The average molecular weight is 356 g/mol. The smallest absolute Gasteiger partial charge is 0.349 e.